The van der Waals surface area contributed by atoms with Gasteiger partial charge in [-0.05, 0) is 12.1 Å². The number of hydrogen-bond donors (Lipinski definition) is 2. The molecule has 2 aromatic rings. The quantitative estimate of drug-likeness (QED) is 0.882. The van der Waals surface area contributed by atoms with Crippen LogP contribution >= 0.6 is 22.9 Å². The molecule has 0 radical (unpaired) electrons. The van der Waals surface area contributed by atoms with Crippen LogP contribution in [0.1, 0.15) is 17.6 Å². The molecule has 0 aliphatic rings. The van der Waals surface area contributed by atoms with Crippen LogP contribution in [0.15, 0.2) is 18.2 Å². The SMILES string of the molecule is CCc1nc(NC)cc(NCc2ccc(Cl)s2)n1. The zero-order chi connectivity index (χ0) is 13.0. The molecule has 2 rings (SSSR count). The molecule has 2 aromatic heterocycles. The van der Waals surface area contributed by atoms with Crippen LogP contribution in [0.5, 0.6) is 0 Å². The molecule has 2 heterocycles. The van der Waals surface area contributed by atoms with Gasteiger partial charge in [0.2, 0.25) is 0 Å². The lowest BCUT2D eigenvalue weighted by atomic mass is 10.4. The fourth-order valence-corrected chi connectivity index (χ4v) is 2.53. The molecule has 0 aliphatic heterocycles. The Morgan fingerprint density at radius 2 is 2.06 bits per heavy atom. The lowest BCUT2D eigenvalue weighted by Gasteiger charge is -2.08. The first-order valence-corrected chi connectivity index (χ1v) is 6.94. The molecule has 0 bridgehead atoms. The molecule has 0 saturated heterocycles. The Bertz CT molecular complexity index is 504. The highest BCUT2D eigenvalue weighted by molar-refractivity contribution is 7.16. The number of rotatable bonds is 5. The van der Waals surface area contributed by atoms with Crippen molar-refractivity contribution in [3.63, 3.8) is 0 Å². The van der Waals surface area contributed by atoms with Crippen molar-refractivity contribution < 1.29 is 0 Å². The van der Waals surface area contributed by atoms with Gasteiger partial charge >= 0.3 is 0 Å². The monoisotopic (exact) mass is 282 g/mol. The predicted octanol–water partition coefficient (Wildman–Crippen LogP) is 3.41. The normalized spacial score (nSPS) is 10.4. The number of hydrogen-bond acceptors (Lipinski definition) is 5. The largest absolute Gasteiger partial charge is 0.373 e. The van der Waals surface area contributed by atoms with Crippen molar-refractivity contribution >= 4 is 34.6 Å². The molecule has 0 fully saturated rings. The molecule has 6 heteroatoms. The van der Waals surface area contributed by atoms with Gasteiger partial charge in [-0.25, -0.2) is 9.97 Å². The van der Waals surface area contributed by atoms with Gasteiger partial charge in [-0.2, -0.15) is 0 Å². The van der Waals surface area contributed by atoms with Crippen molar-refractivity contribution in [2.24, 2.45) is 0 Å². The van der Waals surface area contributed by atoms with Crippen LogP contribution < -0.4 is 10.6 Å². The van der Waals surface area contributed by atoms with Gasteiger partial charge in [0, 0.05) is 24.4 Å². The lowest BCUT2D eigenvalue weighted by molar-refractivity contribution is 0.936. The highest BCUT2D eigenvalue weighted by Gasteiger charge is 2.03. The van der Waals surface area contributed by atoms with Crippen LogP contribution in [-0.4, -0.2) is 17.0 Å². The first-order chi connectivity index (χ1) is 8.71. The van der Waals surface area contributed by atoms with Crippen LogP contribution in [0.2, 0.25) is 4.34 Å². The second-order valence-electron chi connectivity index (χ2n) is 3.72. The maximum atomic E-state index is 5.89. The number of nitrogens with zero attached hydrogens (tertiary/aromatic N) is 2. The van der Waals surface area contributed by atoms with Crippen molar-refractivity contribution in [1.82, 2.24) is 9.97 Å². The van der Waals surface area contributed by atoms with E-state index in [0.29, 0.717) is 0 Å². The molecular formula is C12H15ClN4S. The van der Waals surface area contributed by atoms with Gasteiger partial charge in [0.15, 0.2) is 0 Å². The number of aryl methyl sites for hydroxylation is 1. The smallest absolute Gasteiger partial charge is 0.132 e. The summed E-state index contributed by atoms with van der Waals surface area (Å²) in [6, 6.07) is 5.81. The second-order valence-corrected chi connectivity index (χ2v) is 5.52. The maximum Gasteiger partial charge on any atom is 0.132 e. The maximum absolute atomic E-state index is 5.89. The Labute approximate surface area is 115 Å². The average Bonchev–Trinajstić information content (AvgIpc) is 2.81. The van der Waals surface area contributed by atoms with E-state index in [-0.39, 0.29) is 0 Å². The molecule has 0 aliphatic carbocycles. The Kier molecular flexibility index (Phi) is 4.38. The minimum Gasteiger partial charge on any atom is -0.373 e. The zero-order valence-electron chi connectivity index (χ0n) is 10.3. The standard InChI is InChI=1S/C12H15ClN4S/c1-3-10-16-11(14-2)6-12(17-10)15-7-8-4-5-9(13)18-8/h4-6H,3,7H2,1-2H3,(H2,14,15,16,17). The van der Waals surface area contributed by atoms with Crippen molar-refractivity contribution in [3.05, 3.63) is 33.2 Å². The van der Waals surface area contributed by atoms with Gasteiger partial charge < -0.3 is 10.6 Å². The summed E-state index contributed by atoms with van der Waals surface area (Å²) >= 11 is 7.46. The second kappa shape index (κ2) is 6.02. The lowest BCUT2D eigenvalue weighted by Crippen LogP contribution is -2.05. The molecule has 0 atom stereocenters. The summed E-state index contributed by atoms with van der Waals surface area (Å²) in [4.78, 5) is 9.96. The molecule has 96 valence electrons. The molecule has 0 aromatic carbocycles. The van der Waals surface area contributed by atoms with Crippen LogP contribution in [0, 0.1) is 0 Å². The van der Waals surface area contributed by atoms with Crippen molar-refractivity contribution in [3.8, 4) is 0 Å². The van der Waals surface area contributed by atoms with Crippen LogP contribution in [-0.2, 0) is 13.0 Å². The van der Waals surface area contributed by atoms with Crippen molar-refractivity contribution in [2.45, 2.75) is 19.9 Å². The molecular weight excluding hydrogens is 268 g/mol. The molecule has 0 spiro atoms. The third kappa shape index (κ3) is 3.34. The summed E-state index contributed by atoms with van der Waals surface area (Å²) < 4.78 is 0.805. The third-order valence-corrected chi connectivity index (χ3v) is 3.65. The van der Waals surface area contributed by atoms with E-state index < -0.39 is 0 Å². The number of halogens is 1. The highest BCUT2D eigenvalue weighted by atomic mass is 35.5. The molecule has 0 unspecified atom stereocenters. The van der Waals surface area contributed by atoms with Crippen LogP contribution in [0.25, 0.3) is 0 Å². The third-order valence-electron chi connectivity index (χ3n) is 2.42. The summed E-state index contributed by atoms with van der Waals surface area (Å²) in [7, 11) is 1.85. The van der Waals surface area contributed by atoms with Crippen molar-refractivity contribution in [2.75, 3.05) is 17.7 Å². The number of nitrogens with one attached hydrogen (secondary N) is 2. The summed E-state index contributed by atoms with van der Waals surface area (Å²) in [5, 5.41) is 6.32. The predicted molar refractivity (Wildman–Crippen MR) is 77.6 cm³/mol. The van der Waals surface area contributed by atoms with Crippen LogP contribution in [0.3, 0.4) is 0 Å². The molecule has 18 heavy (non-hydrogen) atoms. The van der Waals surface area contributed by atoms with Gasteiger partial charge in [0.25, 0.3) is 0 Å². The number of anilines is 2. The first kappa shape index (κ1) is 13.1. The Morgan fingerprint density at radius 3 is 2.67 bits per heavy atom. The molecule has 0 amide bonds. The van der Waals surface area contributed by atoms with Crippen LogP contribution in [0.4, 0.5) is 11.6 Å². The Morgan fingerprint density at radius 1 is 1.28 bits per heavy atom. The van der Waals surface area contributed by atoms with E-state index in [1.54, 1.807) is 11.3 Å². The van der Waals surface area contributed by atoms with Gasteiger partial charge in [-0.15, -0.1) is 11.3 Å². The fraction of sp³-hybridized carbons (Fsp3) is 0.333. The Balaban J connectivity index is 2.08. The molecule has 2 N–H and O–H groups in total. The van der Waals surface area contributed by atoms with E-state index in [4.69, 9.17) is 11.6 Å². The topological polar surface area (TPSA) is 49.8 Å². The van der Waals surface area contributed by atoms with Gasteiger partial charge in [0.05, 0.1) is 10.9 Å². The van der Waals surface area contributed by atoms with E-state index in [2.05, 4.69) is 20.6 Å². The summed E-state index contributed by atoms with van der Waals surface area (Å²) in [5.74, 6) is 2.48. The summed E-state index contributed by atoms with van der Waals surface area (Å²) in [5.41, 5.74) is 0. The zero-order valence-corrected chi connectivity index (χ0v) is 11.9. The Hall–Kier alpha value is -1.33. The van der Waals surface area contributed by atoms with E-state index >= 15 is 0 Å². The summed E-state index contributed by atoms with van der Waals surface area (Å²) in [6.07, 6.45) is 0.815. The molecule has 0 saturated carbocycles. The van der Waals surface area contributed by atoms with E-state index in [0.717, 1.165) is 34.8 Å². The highest BCUT2D eigenvalue weighted by Crippen LogP contribution is 2.22. The fourth-order valence-electron chi connectivity index (χ4n) is 1.50. The first-order valence-electron chi connectivity index (χ1n) is 5.75. The van der Waals surface area contributed by atoms with E-state index in [9.17, 15) is 0 Å². The summed E-state index contributed by atoms with van der Waals surface area (Å²) in [6.45, 7) is 2.76. The van der Waals surface area contributed by atoms with E-state index in [1.807, 2.05) is 32.2 Å². The van der Waals surface area contributed by atoms with E-state index in [1.165, 1.54) is 4.88 Å². The number of thiophene rings is 1. The van der Waals surface area contributed by atoms with Gasteiger partial charge in [-0.1, -0.05) is 18.5 Å². The number of aromatic nitrogens is 2. The van der Waals surface area contributed by atoms with Gasteiger partial charge in [-0.3, -0.25) is 0 Å². The minimum absolute atomic E-state index is 0.723. The molecule has 4 nitrogen and oxygen atoms in total. The minimum atomic E-state index is 0.723. The average molecular weight is 283 g/mol. The van der Waals surface area contributed by atoms with Crippen molar-refractivity contribution in [1.29, 1.82) is 0 Å². The van der Waals surface area contributed by atoms with Gasteiger partial charge in [0.1, 0.15) is 17.5 Å².